The Hall–Kier alpha value is -3.81. The summed E-state index contributed by atoms with van der Waals surface area (Å²) < 4.78 is 17.1. The average Bonchev–Trinajstić information content (AvgIpc) is 3.34. The summed E-state index contributed by atoms with van der Waals surface area (Å²) in [6.07, 6.45) is -0.203. The van der Waals surface area contributed by atoms with Gasteiger partial charge in [0.2, 0.25) is 0 Å². The first-order valence-corrected chi connectivity index (χ1v) is 11.1. The fourth-order valence-corrected chi connectivity index (χ4v) is 3.77. The zero-order valence-electron chi connectivity index (χ0n) is 17.6. The van der Waals surface area contributed by atoms with E-state index in [1.807, 2.05) is 22.9 Å². The monoisotopic (exact) mass is 446 g/mol. The van der Waals surface area contributed by atoms with Crippen molar-refractivity contribution in [2.75, 3.05) is 6.61 Å². The molecule has 3 aromatic rings. The van der Waals surface area contributed by atoms with Gasteiger partial charge >= 0.3 is 5.97 Å². The third kappa shape index (κ3) is 6.10. The molecule has 3 rings (SSSR count). The van der Waals surface area contributed by atoms with Crippen molar-refractivity contribution in [2.45, 2.75) is 32.5 Å². The molecule has 32 heavy (non-hydrogen) atoms. The van der Waals surface area contributed by atoms with E-state index in [4.69, 9.17) is 14.2 Å². The third-order valence-electron chi connectivity index (χ3n) is 4.67. The molecule has 1 unspecified atom stereocenters. The maximum atomic E-state index is 11.9. The van der Waals surface area contributed by atoms with E-state index in [0.29, 0.717) is 47.8 Å². The maximum Gasteiger partial charge on any atom is 0.305 e. The normalized spacial score (nSPS) is 11.1. The molecule has 0 saturated heterocycles. The van der Waals surface area contributed by atoms with Gasteiger partial charge in [0.25, 0.3) is 0 Å². The first-order chi connectivity index (χ1) is 15.6. The minimum Gasteiger partial charge on any atom is -0.489 e. The fraction of sp³-hybridized carbons (Fsp3) is 0.240. The number of rotatable bonds is 10. The molecule has 1 heterocycles. The number of ether oxygens (including phenoxy) is 3. The minimum atomic E-state index is -0.616. The molecule has 1 atom stereocenters. The number of nitrogens with zero attached hydrogens (tertiary/aromatic N) is 2. The highest BCUT2D eigenvalue weighted by Gasteiger charge is 2.21. The van der Waals surface area contributed by atoms with Crippen LogP contribution in [0.25, 0.3) is 0 Å². The second kappa shape index (κ2) is 11.5. The summed E-state index contributed by atoms with van der Waals surface area (Å²) >= 11 is 1.59. The van der Waals surface area contributed by atoms with Crippen LogP contribution < -0.4 is 9.47 Å². The topological polar surface area (TPSA) is 92.3 Å². The molecule has 0 radical (unpaired) electrons. The van der Waals surface area contributed by atoms with Crippen molar-refractivity contribution >= 4 is 17.3 Å². The quantitative estimate of drug-likeness (QED) is 0.380. The Morgan fingerprint density at radius 3 is 2.62 bits per heavy atom. The first kappa shape index (κ1) is 22.9. The number of hydrogen-bond acceptors (Lipinski definition) is 7. The Balaban J connectivity index is 1.86. The van der Waals surface area contributed by atoms with Crippen molar-refractivity contribution in [1.82, 2.24) is 0 Å². The number of nitriles is 2. The summed E-state index contributed by atoms with van der Waals surface area (Å²) in [5.41, 5.74) is 2.48. The fourth-order valence-electron chi connectivity index (χ4n) is 3.12. The number of carbonyl (C=O) groups is 1. The predicted molar refractivity (Wildman–Crippen MR) is 120 cm³/mol. The van der Waals surface area contributed by atoms with Gasteiger partial charge < -0.3 is 14.2 Å². The summed E-state index contributed by atoms with van der Waals surface area (Å²) in [7, 11) is 0. The van der Waals surface area contributed by atoms with Gasteiger partial charge in [-0.3, -0.25) is 4.79 Å². The van der Waals surface area contributed by atoms with E-state index < -0.39 is 6.10 Å². The molecule has 1 aromatic heterocycles. The highest BCUT2D eigenvalue weighted by molar-refractivity contribution is 7.07. The van der Waals surface area contributed by atoms with Crippen LogP contribution in [-0.4, -0.2) is 12.6 Å². The molecule has 0 amide bonds. The van der Waals surface area contributed by atoms with Crippen molar-refractivity contribution in [3.8, 4) is 23.6 Å². The SMILES string of the molecule is CCOC(=O)CCC(Oc1cc(OCc2ccsc2)ccc1C#N)c1ccccc1C#N. The second-order valence-electron chi connectivity index (χ2n) is 6.84. The van der Waals surface area contributed by atoms with E-state index in [1.54, 1.807) is 54.7 Å². The number of thiophene rings is 1. The van der Waals surface area contributed by atoms with Crippen LogP contribution >= 0.6 is 11.3 Å². The smallest absolute Gasteiger partial charge is 0.305 e. The molecule has 0 bridgehead atoms. The van der Waals surface area contributed by atoms with Gasteiger partial charge in [-0.15, -0.1) is 0 Å². The van der Waals surface area contributed by atoms with Gasteiger partial charge in [-0.25, -0.2) is 0 Å². The van der Waals surface area contributed by atoms with E-state index in [2.05, 4.69) is 12.1 Å². The standard InChI is InChI=1S/C25H22N2O4S/c1-2-29-25(28)10-9-23(22-6-4-3-5-19(22)14-26)31-24-13-21(8-7-20(24)15-27)30-16-18-11-12-32-17-18/h3-8,11-13,17,23H,2,9-10,16H2,1H3. The van der Waals surface area contributed by atoms with Gasteiger partial charge in [0.1, 0.15) is 30.3 Å². The van der Waals surface area contributed by atoms with Crippen LogP contribution in [-0.2, 0) is 16.1 Å². The van der Waals surface area contributed by atoms with Gasteiger partial charge in [-0.2, -0.15) is 21.9 Å². The molecule has 6 nitrogen and oxygen atoms in total. The van der Waals surface area contributed by atoms with Crippen molar-refractivity contribution in [3.05, 3.63) is 81.5 Å². The molecule has 2 aromatic carbocycles. The Morgan fingerprint density at radius 2 is 1.91 bits per heavy atom. The maximum absolute atomic E-state index is 11.9. The van der Waals surface area contributed by atoms with E-state index in [-0.39, 0.29) is 12.4 Å². The summed E-state index contributed by atoms with van der Waals surface area (Å²) in [5.74, 6) is 0.545. The van der Waals surface area contributed by atoms with Crippen LogP contribution in [0.5, 0.6) is 11.5 Å². The van der Waals surface area contributed by atoms with Crippen LogP contribution in [0.3, 0.4) is 0 Å². The molecule has 7 heteroatoms. The Labute approximate surface area is 191 Å². The molecule has 0 fully saturated rings. The Kier molecular flexibility index (Phi) is 8.25. The van der Waals surface area contributed by atoms with Gasteiger partial charge in [-0.1, -0.05) is 18.2 Å². The number of hydrogen-bond donors (Lipinski definition) is 0. The van der Waals surface area contributed by atoms with E-state index >= 15 is 0 Å². The van der Waals surface area contributed by atoms with Gasteiger partial charge in [-0.05, 0) is 53.9 Å². The summed E-state index contributed by atoms with van der Waals surface area (Å²) in [4.78, 5) is 11.9. The van der Waals surface area contributed by atoms with Crippen LogP contribution in [0.4, 0.5) is 0 Å². The van der Waals surface area contributed by atoms with E-state index in [9.17, 15) is 15.3 Å². The molecule has 0 aliphatic heterocycles. The van der Waals surface area contributed by atoms with E-state index in [1.165, 1.54) is 0 Å². The zero-order chi connectivity index (χ0) is 22.8. The van der Waals surface area contributed by atoms with Gasteiger partial charge in [0.15, 0.2) is 0 Å². The summed E-state index contributed by atoms with van der Waals surface area (Å²) in [5, 5.41) is 23.1. The molecule has 0 aliphatic carbocycles. The van der Waals surface area contributed by atoms with Crippen molar-refractivity contribution in [2.24, 2.45) is 0 Å². The van der Waals surface area contributed by atoms with Crippen molar-refractivity contribution < 1.29 is 19.0 Å². The van der Waals surface area contributed by atoms with Crippen LogP contribution in [0.2, 0.25) is 0 Å². The molecule has 0 spiro atoms. The third-order valence-corrected chi connectivity index (χ3v) is 5.40. The molecule has 0 saturated carbocycles. The van der Waals surface area contributed by atoms with Crippen molar-refractivity contribution in [1.29, 1.82) is 10.5 Å². The zero-order valence-corrected chi connectivity index (χ0v) is 18.4. The number of carbonyl (C=O) groups excluding carboxylic acids is 1. The Morgan fingerprint density at radius 1 is 1.09 bits per heavy atom. The average molecular weight is 447 g/mol. The van der Waals surface area contributed by atoms with Crippen LogP contribution in [0.1, 0.15) is 48.1 Å². The molecule has 0 aliphatic rings. The Bertz CT molecular complexity index is 1130. The first-order valence-electron chi connectivity index (χ1n) is 10.1. The molecular formula is C25H22N2O4S. The molecule has 0 N–H and O–H groups in total. The lowest BCUT2D eigenvalue weighted by Gasteiger charge is -2.21. The summed E-state index contributed by atoms with van der Waals surface area (Å²) in [6, 6.07) is 18.4. The van der Waals surface area contributed by atoms with Crippen molar-refractivity contribution in [3.63, 3.8) is 0 Å². The largest absolute Gasteiger partial charge is 0.489 e. The lowest BCUT2D eigenvalue weighted by atomic mass is 9.99. The predicted octanol–water partition coefficient (Wildman–Crippen LogP) is 5.53. The molecule has 162 valence electrons. The number of esters is 1. The lowest BCUT2D eigenvalue weighted by Crippen LogP contribution is -2.14. The minimum absolute atomic E-state index is 0.120. The van der Waals surface area contributed by atoms with Crippen LogP contribution in [0.15, 0.2) is 59.3 Å². The van der Waals surface area contributed by atoms with E-state index in [0.717, 1.165) is 5.56 Å². The lowest BCUT2D eigenvalue weighted by molar-refractivity contribution is -0.143. The van der Waals surface area contributed by atoms with Crippen LogP contribution in [0, 0.1) is 22.7 Å². The molecular weight excluding hydrogens is 424 g/mol. The second-order valence-corrected chi connectivity index (χ2v) is 7.62. The number of benzene rings is 2. The highest BCUT2D eigenvalue weighted by atomic mass is 32.1. The highest BCUT2D eigenvalue weighted by Crippen LogP contribution is 2.33. The summed E-state index contributed by atoms with van der Waals surface area (Å²) in [6.45, 7) is 2.44. The van der Waals surface area contributed by atoms with Gasteiger partial charge in [0, 0.05) is 18.1 Å². The van der Waals surface area contributed by atoms with Gasteiger partial charge in [0.05, 0.1) is 23.8 Å².